The van der Waals surface area contributed by atoms with Gasteiger partial charge >= 0.3 is 0 Å². The zero-order chi connectivity index (χ0) is 9.97. The van der Waals surface area contributed by atoms with Gasteiger partial charge in [-0.1, -0.05) is 0 Å². The molecule has 0 bridgehead atoms. The van der Waals surface area contributed by atoms with Gasteiger partial charge in [0.1, 0.15) is 17.2 Å². The fourth-order valence-electron chi connectivity index (χ4n) is 1.02. The normalized spacial score (nSPS) is 10.1. The topological polar surface area (TPSA) is 38.7 Å². The third kappa shape index (κ3) is 1.56. The molecule has 0 N–H and O–H groups in total. The Kier molecular flexibility index (Phi) is 2.14. The van der Waals surface area contributed by atoms with E-state index in [-0.39, 0.29) is 11.4 Å². The Balaban J connectivity index is 2.53. The molecule has 0 atom stereocenters. The van der Waals surface area contributed by atoms with Crippen LogP contribution in [0, 0.1) is 11.6 Å². The third-order valence-corrected chi connectivity index (χ3v) is 1.61. The zero-order valence-corrected chi connectivity index (χ0v) is 6.98. The van der Waals surface area contributed by atoms with E-state index in [4.69, 9.17) is 0 Å². The Hall–Kier alpha value is -1.91. The van der Waals surface area contributed by atoms with E-state index in [0.717, 1.165) is 12.3 Å². The van der Waals surface area contributed by atoms with Crippen LogP contribution in [0.4, 0.5) is 8.78 Å². The Labute approximate surface area is 78.5 Å². The van der Waals surface area contributed by atoms with Crippen LogP contribution in [-0.4, -0.2) is 15.0 Å². The lowest BCUT2D eigenvalue weighted by Crippen LogP contribution is -1.93. The molecule has 70 valence electrons. The molecule has 14 heavy (non-hydrogen) atoms. The average Bonchev–Trinajstić information content (AvgIpc) is 2.19. The SMILES string of the molecule is Fc1cnc(-c2cnccn2)c(F)c1. The van der Waals surface area contributed by atoms with Gasteiger partial charge in [-0.15, -0.1) is 0 Å². The first-order chi connectivity index (χ1) is 6.77. The summed E-state index contributed by atoms with van der Waals surface area (Å²) in [4.78, 5) is 11.2. The molecule has 0 aromatic carbocycles. The number of halogens is 2. The summed E-state index contributed by atoms with van der Waals surface area (Å²) in [6, 6.07) is 0.761. The van der Waals surface area contributed by atoms with Gasteiger partial charge in [0, 0.05) is 18.5 Å². The predicted octanol–water partition coefficient (Wildman–Crippen LogP) is 1.82. The molecule has 0 aliphatic heterocycles. The standard InChI is InChI=1S/C9H5F2N3/c10-6-3-7(11)9(14-4-6)8-5-12-1-2-13-8/h1-5H. The van der Waals surface area contributed by atoms with Crippen LogP contribution in [0.1, 0.15) is 0 Å². The van der Waals surface area contributed by atoms with Crippen LogP contribution in [0.2, 0.25) is 0 Å². The second kappa shape index (κ2) is 3.45. The highest BCUT2D eigenvalue weighted by atomic mass is 19.1. The van der Waals surface area contributed by atoms with Crippen molar-refractivity contribution in [2.24, 2.45) is 0 Å². The van der Waals surface area contributed by atoms with Gasteiger partial charge in [-0.3, -0.25) is 9.97 Å². The van der Waals surface area contributed by atoms with Gasteiger partial charge in [0.2, 0.25) is 0 Å². The molecule has 2 rings (SSSR count). The lowest BCUT2D eigenvalue weighted by atomic mass is 10.2. The van der Waals surface area contributed by atoms with E-state index in [1.54, 1.807) is 0 Å². The van der Waals surface area contributed by atoms with E-state index in [9.17, 15) is 8.78 Å². The average molecular weight is 193 g/mol. The summed E-state index contributed by atoms with van der Waals surface area (Å²) in [5, 5.41) is 0. The van der Waals surface area contributed by atoms with Crippen LogP contribution in [0.15, 0.2) is 30.9 Å². The van der Waals surface area contributed by atoms with Crippen LogP contribution in [0.3, 0.4) is 0 Å². The summed E-state index contributed by atoms with van der Waals surface area (Å²) < 4.78 is 25.7. The van der Waals surface area contributed by atoms with Gasteiger partial charge in [-0.25, -0.2) is 13.8 Å². The molecule has 0 aliphatic rings. The number of aromatic nitrogens is 3. The smallest absolute Gasteiger partial charge is 0.154 e. The minimum Gasteiger partial charge on any atom is -0.261 e. The van der Waals surface area contributed by atoms with Crippen LogP contribution in [0.5, 0.6) is 0 Å². The van der Waals surface area contributed by atoms with Crippen molar-refractivity contribution in [2.45, 2.75) is 0 Å². The van der Waals surface area contributed by atoms with E-state index in [2.05, 4.69) is 15.0 Å². The van der Waals surface area contributed by atoms with Crippen LogP contribution >= 0.6 is 0 Å². The van der Waals surface area contributed by atoms with Crippen LogP contribution in [-0.2, 0) is 0 Å². The third-order valence-electron chi connectivity index (χ3n) is 1.61. The Morgan fingerprint density at radius 3 is 2.50 bits per heavy atom. The number of hydrogen-bond acceptors (Lipinski definition) is 3. The molecule has 2 heterocycles. The molecular formula is C9H5F2N3. The highest BCUT2D eigenvalue weighted by Gasteiger charge is 2.08. The minimum atomic E-state index is -0.745. The van der Waals surface area contributed by atoms with E-state index in [1.807, 2.05) is 0 Å². The van der Waals surface area contributed by atoms with Gasteiger partial charge in [0.05, 0.1) is 12.4 Å². The Morgan fingerprint density at radius 1 is 1.00 bits per heavy atom. The second-order valence-corrected chi connectivity index (χ2v) is 2.57. The van der Waals surface area contributed by atoms with Crippen molar-refractivity contribution in [2.75, 3.05) is 0 Å². The number of pyridine rings is 1. The number of rotatable bonds is 1. The van der Waals surface area contributed by atoms with Crippen molar-refractivity contribution in [1.82, 2.24) is 15.0 Å². The zero-order valence-electron chi connectivity index (χ0n) is 6.98. The van der Waals surface area contributed by atoms with Crippen molar-refractivity contribution >= 4 is 0 Å². The Bertz CT molecular complexity index is 445. The summed E-state index contributed by atoms with van der Waals surface area (Å²) in [6.07, 6.45) is 5.18. The number of nitrogens with zero attached hydrogens (tertiary/aromatic N) is 3. The van der Waals surface area contributed by atoms with Crippen molar-refractivity contribution in [3.8, 4) is 11.4 Å². The predicted molar refractivity (Wildman–Crippen MR) is 45.2 cm³/mol. The highest BCUT2D eigenvalue weighted by Crippen LogP contribution is 2.16. The van der Waals surface area contributed by atoms with E-state index < -0.39 is 11.6 Å². The monoisotopic (exact) mass is 193 g/mol. The van der Waals surface area contributed by atoms with Crippen LogP contribution < -0.4 is 0 Å². The van der Waals surface area contributed by atoms with Crippen molar-refractivity contribution in [3.05, 3.63) is 42.5 Å². The minimum absolute atomic E-state index is 0.000463. The first kappa shape index (κ1) is 8.68. The molecule has 0 aliphatic carbocycles. The lowest BCUT2D eigenvalue weighted by Gasteiger charge is -1.99. The summed E-state index contributed by atoms with van der Waals surface area (Å²) in [5.41, 5.74) is 0.282. The van der Waals surface area contributed by atoms with E-state index in [0.29, 0.717) is 0 Å². The van der Waals surface area contributed by atoms with Crippen LogP contribution in [0.25, 0.3) is 11.4 Å². The molecule has 2 aromatic heterocycles. The number of hydrogen-bond donors (Lipinski definition) is 0. The second-order valence-electron chi connectivity index (χ2n) is 2.57. The maximum Gasteiger partial charge on any atom is 0.154 e. The van der Waals surface area contributed by atoms with Crippen molar-refractivity contribution in [1.29, 1.82) is 0 Å². The fourth-order valence-corrected chi connectivity index (χ4v) is 1.02. The maximum atomic E-state index is 13.2. The molecule has 5 heteroatoms. The fraction of sp³-hybridized carbons (Fsp3) is 0. The molecule has 0 unspecified atom stereocenters. The highest BCUT2D eigenvalue weighted by molar-refractivity contribution is 5.52. The van der Waals surface area contributed by atoms with Gasteiger partial charge in [-0.2, -0.15) is 0 Å². The van der Waals surface area contributed by atoms with E-state index in [1.165, 1.54) is 18.6 Å². The van der Waals surface area contributed by atoms with Crippen molar-refractivity contribution < 1.29 is 8.78 Å². The summed E-state index contributed by atoms with van der Waals surface area (Å²) in [6.45, 7) is 0. The molecule has 0 saturated carbocycles. The van der Waals surface area contributed by atoms with Gasteiger partial charge in [0.25, 0.3) is 0 Å². The maximum absolute atomic E-state index is 13.2. The van der Waals surface area contributed by atoms with Gasteiger partial charge in [0.15, 0.2) is 5.82 Å². The summed E-state index contributed by atoms with van der Waals surface area (Å²) >= 11 is 0. The van der Waals surface area contributed by atoms with Gasteiger partial charge in [-0.05, 0) is 0 Å². The first-order valence-electron chi connectivity index (χ1n) is 3.85. The summed E-state index contributed by atoms with van der Waals surface area (Å²) in [7, 11) is 0. The molecule has 0 saturated heterocycles. The molecular weight excluding hydrogens is 188 g/mol. The van der Waals surface area contributed by atoms with Gasteiger partial charge < -0.3 is 0 Å². The molecule has 0 fully saturated rings. The Morgan fingerprint density at radius 2 is 1.86 bits per heavy atom. The molecule has 2 aromatic rings. The molecule has 0 spiro atoms. The van der Waals surface area contributed by atoms with Crippen molar-refractivity contribution in [3.63, 3.8) is 0 Å². The molecule has 0 radical (unpaired) electrons. The first-order valence-corrected chi connectivity index (χ1v) is 3.85. The lowest BCUT2D eigenvalue weighted by molar-refractivity contribution is 0.575. The van der Waals surface area contributed by atoms with E-state index >= 15 is 0 Å². The quantitative estimate of drug-likeness (QED) is 0.693. The molecule has 3 nitrogen and oxygen atoms in total. The molecule has 0 amide bonds. The largest absolute Gasteiger partial charge is 0.261 e. The summed E-state index contributed by atoms with van der Waals surface area (Å²) in [5.74, 6) is -1.46.